The number of nitrogens with one attached hydrogen (secondary N) is 1. The topological polar surface area (TPSA) is 132 Å². The van der Waals surface area contributed by atoms with Gasteiger partial charge in [0, 0.05) is 41.1 Å². The van der Waals surface area contributed by atoms with E-state index in [9.17, 15) is 25.0 Å². The normalized spacial score (nSPS) is 18.0. The number of nitro benzene ring substituents is 1. The van der Waals surface area contributed by atoms with E-state index in [2.05, 4.69) is 27.3 Å². The molecular weight excluding hydrogens is 614 g/mol. The molecule has 1 aliphatic heterocycles. The zero-order chi connectivity index (χ0) is 30.7. The molecule has 1 N–H and O–H groups in total. The Morgan fingerprint density at radius 1 is 1.09 bits per heavy atom. The van der Waals surface area contributed by atoms with E-state index in [0.29, 0.717) is 52.1 Å². The monoisotopic (exact) mass is 641 g/mol. The van der Waals surface area contributed by atoms with Gasteiger partial charge in [-0.15, -0.1) is 0 Å². The predicted octanol–water partition coefficient (Wildman–Crippen LogP) is 6.90. The van der Waals surface area contributed by atoms with Crippen LogP contribution in [0.4, 0.5) is 5.69 Å². The van der Waals surface area contributed by atoms with Crippen molar-refractivity contribution in [3.63, 3.8) is 0 Å². The number of halogens is 1. The third-order valence-corrected chi connectivity index (χ3v) is 8.20. The van der Waals surface area contributed by atoms with Crippen LogP contribution in [0.15, 0.2) is 93.7 Å². The number of hydrogen-bond acceptors (Lipinski definition) is 8. The van der Waals surface area contributed by atoms with Crippen molar-refractivity contribution in [1.82, 2.24) is 5.32 Å². The van der Waals surface area contributed by atoms with Gasteiger partial charge in [-0.3, -0.25) is 19.7 Å². The summed E-state index contributed by atoms with van der Waals surface area (Å²) in [6, 6.07) is 21.2. The van der Waals surface area contributed by atoms with Crippen molar-refractivity contribution >= 4 is 33.2 Å². The van der Waals surface area contributed by atoms with E-state index in [4.69, 9.17) is 9.47 Å². The quantitative estimate of drug-likeness (QED) is 0.152. The first kappa shape index (κ1) is 29.7. The molecule has 0 fully saturated rings. The Kier molecular flexibility index (Phi) is 8.73. The number of hydrogen-bond donors (Lipinski definition) is 1. The minimum absolute atomic E-state index is 0.0233. The van der Waals surface area contributed by atoms with Crippen LogP contribution in [0, 0.1) is 21.4 Å². The molecule has 1 heterocycles. The number of ketones is 2. The first-order valence-corrected chi connectivity index (χ1v) is 14.6. The molecule has 9 nitrogen and oxygen atoms in total. The average molecular weight is 643 g/mol. The van der Waals surface area contributed by atoms with Crippen molar-refractivity contribution < 1.29 is 24.0 Å². The molecule has 43 heavy (non-hydrogen) atoms. The molecule has 0 saturated heterocycles. The summed E-state index contributed by atoms with van der Waals surface area (Å²) in [6.07, 6.45) is 0.970. The van der Waals surface area contributed by atoms with Crippen LogP contribution in [0.25, 0.3) is 0 Å². The lowest BCUT2D eigenvalue weighted by Crippen LogP contribution is -2.33. The van der Waals surface area contributed by atoms with Crippen molar-refractivity contribution in [2.24, 2.45) is 0 Å². The summed E-state index contributed by atoms with van der Waals surface area (Å²) in [7, 11) is 0. The van der Waals surface area contributed by atoms with E-state index in [1.165, 1.54) is 24.3 Å². The van der Waals surface area contributed by atoms with Gasteiger partial charge in [0.2, 0.25) is 0 Å². The van der Waals surface area contributed by atoms with Gasteiger partial charge in [0.15, 0.2) is 29.7 Å². The van der Waals surface area contributed by atoms with Crippen LogP contribution in [-0.4, -0.2) is 29.7 Å². The third kappa shape index (κ3) is 6.08. The highest BCUT2D eigenvalue weighted by molar-refractivity contribution is 9.10. The van der Waals surface area contributed by atoms with Gasteiger partial charge in [0.1, 0.15) is 0 Å². The fourth-order valence-corrected chi connectivity index (χ4v) is 6.23. The van der Waals surface area contributed by atoms with E-state index < -0.39 is 16.6 Å². The number of carbonyl (C=O) groups excluding carboxylic acids is 2. The van der Waals surface area contributed by atoms with Gasteiger partial charge in [0.25, 0.3) is 5.69 Å². The maximum absolute atomic E-state index is 13.7. The Bertz CT molecular complexity index is 1720. The number of nitrogens with zero attached hydrogens (tertiary/aromatic N) is 2. The Labute approximate surface area is 257 Å². The van der Waals surface area contributed by atoms with E-state index in [0.717, 1.165) is 11.3 Å². The maximum Gasteiger partial charge on any atom is 0.270 e. The summed E-state index contributed by atoms with van der Waals surface area (Å²) >= 11 is 3.55. The number of dihydropyridines is 1. The van der Waals surface area contributed by atoms with E-state index in [1.807, 2.05) is 44.2 Å². The molecule has 2 atom stereocenters. The largest absolute Gasteiger partial charge is 0.490 e. The van der Waals surface area contributed by atoms with E-state index >= 15 is 0 Å². The number of non-ortho nitro benzene ring substituents is 1. The van der Waals surface area contributed by atoms with Gasteiger partial charge in [-0.05, 0) is 65.4 Å². The van der Waals surface area contributed by atoms with Crippen LogP contribution in [0.1, 0.15) is 60.0 Å². The lowest BCUT2D eigenvalue weighted by molar-refractivity contribution is -0.384. The molecule has 0 saturated carbocycles. The lowest BCUT2D eigenvalue weighted by atomic mass is 9.72. The van der Waals surface area contributed by atoms with Gasteiger partial charge in [-0.25, -0.2) is 0 Å². The number of allylic oxidation sites excluding steroid dienone is 4. The molecule has 0 bridgehead atoms. The molecule has 0 spiro atoms. The molecule has 10 heteroatoms. The zero-order valence-corrected chi connectivity index (χ0v) is 25.1. The summed E-state index contributed by atoms with van der Waals surface area (Å²) in [4.78, 5) is 37.1. The van der Waals surface area contributed by atoms with Crippen LogP contribution in [-0.2, 0) is 4.79 Å². The number of Topliss-reactive ketones (excluding diaryl/α,β-unsaturated/α-hetero) is 2. The van der Waals surface area contributed by atoms with Crippen molar-refractivity contribution in [3.8, 4) is 17.6 Å². The van der Waals surface area contributed by atoms with Gasteiger partial charge in [0.05, 0.1) is 33.6 Å². The Morgan fingerprint density at radius 2 is 1.86 bits per heavy atom. The molecule has 0 radical (unpaired) electrons. The number of carbonyl (C=O) groups is 2. The van der Waals surface area contributed by atoms with Gasteiger partial charge in [-0.1, -0.05) is 42.5 Å². The fourth-order valence-electron chi connectivity index (χ4n) is 5.65. The average Bonchev–Trinajstić information content (AvgIpc) is 3.00. The summed E-state index contributed by atoms with van der Waals surface area (Å²) in [5, 5.41) is 24.6. The van der Waals surface area contributed by atoms with Crippen LogP contribution in [0.3, 0.4) is 0 Å². The number of nitro groups is 1. The lowest BCUT2D eigenvalue weighted by Gasteiger charge is -2.36. The standard InChI is InChI=1S/C33H28BrN3O6/c1-3-42-30-16-23(13-26(34)33(30)43-18-29(39)21-10-7-11-24(12-21)37(40)41)31-25(17-35)19(2)36-27-14-22(15-28(38)32(27)31)20-8-5-4-6-9-20/h4-13,16,22,31,36H,3,14-15,18H2,1-2H3. The van der Waals surface area contributed by atoms with Gasteiger partial charge in [-0.2, -0.15) is 5.26 Å². The van der Waals surface area contributed by atoms with Crippen molar-refractivity contribution in [3.05, 3.63) is 121 Å². The molecule has 1 aliphatic carbocycles. The molecule has 218 valence electrons. The molecule has 2 unspecified atom stereocenters. The zero-order valence-electron chi connectivity index (χ0n) is 23.6. The smallest absolute Gasteiger partial charge is 0.270 e. The maximum atomic E-state index is 13.7. The Morgan fingerprint density at radius 3 is 2.56 bits per heavy atom. The molecular formula is C33H28BrN3O6. The highest BCUT2D eigenvalue weighted by Gasteiger charge is 2.39. The van der Waals surface area contributed by atoms with Crippen molar-refractivity contribution in [2.75, 3.05) is 13.2 Å². The van der Waals surface area contributed by atoms with E-state index in [1.54, 1.807) is 12.1 Å². The first-order valence-electron chi connectivity index (χ1n) is 13.8. The molecule has 3 aromatic rings. The minimum atomic E-state index is -0.610. The number of rotatable bonds is 9. The molecule has 3 aromatic carbocycles. The fraction of sp³-hybridized carbons (Fsp3) is 0.242. The molecule has 5 rings (SSSR count). The second-order valence-corrected chi connectivity index (χ2v) is 11.2. The minimum Gasteiger partial charge on any atom is -0.490 e. The predicted molar refractivity (Wildman–Crippen MR) is 163 cm³/mol. The highest BCUT2D eigenvalue weighted by atomic mass is 79.9. The molecule has 0 amide bonds. The summed E-state index contributed by atoms with van der Waals surface area (Å²) in [5.74, 6) is -0.444. The van der Waals surface area contributed by atoms with Crippen molar-refractivity contribution in [1.29, 1.82) is 5.26 Å². The summed E-state index contributed by atoms with van der Waals surface area (Å²) in [6.45, 7) is 3.55. The third-order valence-electron chi connectivity index (χ3n) is 7.61. The van der Waals surface area contributed by atoms with Crippen LogP contribution in [0.2, 0.25) is 0 Å². The SMILES string of the molecule is CCOc1cc(C2C(C#N)=C(C)NC3=C2C(=O)CC(c2ccccc2)C3)cc(Br)c1OCC(=O)c1cccc([N+](=O)[O-])c1. The second kappa shape index (κ2) is 12.6. The Hall–Kier alpha value is -4.75. The highest BCUT2D eigenvalue weighted by Crippen LogP contribution is 2.48. The van der Waals surface area contributed by atoms with Crippen LogP contribution >= 0.6 is 15.9 Å². The number of nitriles is 1. The van der Waals surface area contributed by atoms with Crippen LogP contribution in [0.5, 0.6) is 11.5 Å². The first-order chi connectivity index (χ1) is 20.7. The summed E-state index contributed by atoms with van der Waals surface area (Å²) in [5.41, 5.74) is 4.23. The van der Waals surface area contributed by atoms with E-state index in [-0.39, 0.29) is 35.3 Å². The number of benzene rings is 3. The molecule has 2 aliphatic rings. The van der Waals surface area contributed by atoms with Crippen molar-refractivity contribution in [2.45, 2.75) is 38.5 Å². The summed E-state index contributed by atoms with van der Waals surface area (Å²) < 4.78 is 12.3. The molecule has 0 aromatic heterocycles. The van der Waals surface area contributed by atoms with Gasteiger partial charge >= 0.3 is 0 Å². The number of ether oxygens (including phenoxy) is 2. The van der Waals surface area contributed by atoms with Gasteiger partial charge < -0.3 is 14.8 Å². The Balaban J connectivity index is 1.49. The van der Waals surface area contributed by atoms with Crippen LogP contribution < -0.4 is 14.8 Å². The second-order valence-electron chi connectivity index (χ2n) is 10.3.